The van der Waals surface area contributed by atoms with Crippen molar-refractivity contribution in [2.45, 2.75) is 13.3 Å². The molecule has 2 N–H and O–H groups in total. The number of thiophene rings is 1. The van der Waals surface area contributed by atoms with Crippen molar-refractivity contribution >= 4 is 34.9 Å². The third kappa shape index (κ3) is 3.65. The molecule has 0 unspecified atom stereocenters. The van der Waals surface area contributed by atoms with Crippen molar-refractivity contribution in [2.75, 3.05) is 11.9 Å². The zero-order chi connectivity index (χ0) is 13.8. The Kier molecular flexibility index (Phi) is 4.34. The normalized spacial score (nSPS) is 10.4. The quantitative estimate of drug-likeness (QED) is 0.887. The van der Waals surface area contributed by atoms with E-state index in [1.807, 2.05) is 12.1 Å². The van der Waals surface area contributed by atoms with Gasteiger partial charge in [-0.2, -0.15) is 0 Å². The van der Waals surface area contributed by atoms with Crippen LogP contribution in [0.2, 0.25) is 4.34 Å². The Labute approximate surface area is 119 Å². The molecular weight excluding hydrogens is 286 g/mol. The standard InChI is InChI=1S/C12H12ClN3O2S/c1-7-9(11(17)18)6-15-12(16-7)14-5-4-8-2-3-10(13)19-8/h2-3,6H,4-5H2,1H3,(H,17,18)(H,14,15,16). The number of carboxylic acids is 1. The molecule has 2 aromatic heterocycles. The summed E-state index contributed by atoms with van der Waals surface area (Å²) in [5.41, 5.74) is 0.569. The monoisotopic (exact) mass is 297 g/mol. The van der Waals surface area contributed by atoms with Gasteiger partial charge in [0.2, 0.25) is 5.95 Å². The van der Waals surface area contributed by atoms with Gasteiger partial charge in [0, 0.05) is 17.6 Å². The van der Waals surface area contributed by atoms with Gasteiger partial charge in [0.05, 0.1) is 15.6 Å². The highest BCUT2D eigenvalue weighted by atomic mass is 35.5. The summed E-state index contributed by atoms with van der Waals surface area (Å²) in [4.78, 5) is 20.1. The second-order valence-electron chi connectivity index (χ2n) is 3.88. The third-order valence-electron chi connectivity index (χ3n) is 2.49. The number of rotatable bonds is 5. The molecule has 0 aliphatic rings. The molecule has 19 heavy (non-hydrogen) atoms. The number of hydrogen-bond acceptors (Lipinski definition) is 5. The van der Waals surface area contributed by atoms with E-state index in [1.165, 1.54) is 22.4 Å². The number of aromatic carboxylic acids is 1. The lowest BCUT2D eigenvalue weighted by molar-refractivity contribution is 0.0695. The van der Waals surface area contributed by atoms with Gasteiger partial charge in [-0.3, -0.25) is 0 Å². The Balaban J connectivity index is 1.93. The highest BCUT2D eigenvalue weighted by Gasteiger charge is 2.09. The summed E-state index contributed by atoms with van der Waals surface area (Å²) < 4.78 is 0.771. The van der Waals surface area contributed by atoms with Crippen LogP contribution < -0.4 is 5.32 Å². The average molecular weight is 298 g/mol. The number of nitrogens with one attached hydrogen (secondary N) is 1. The SMILES string of the molecule is Cc1nc(NCCc2ccc(Cl)s2)ncc1C(=O)O. The van der Waals surface area contributed by atoms with Gasteiger partial charge in [0.15, 0.2) is 0 Å². The molecule has 2 aromatic rings. The topological polar surface area (TPSA) is 75.1 Å². The number of aryl methyl sites for hydroxylation is 1. The molecule has 0 bridgehead atoms. The first kappa shape index (κ1) is 13.8. The fourth-order valence-corrected chi connectivity index (χ4v) is 2.63. The van der Waals surface area contributed by atoms with E-state index in [1.54, 1.807) is 6.92 Å². The fraction of sp³-hybridized carbons (Fsp3) is 0.250. The van der Waals surface area contributed by atoms with Gasteiger partial charge < -0.3 is 10.4 Å². The van der Waals surface area contributed by atoms with Crippen LogP contribution in [0.5, 0.6) is 0 Å². The molecule has 0 saturated carbocycles. The van der Waals surface area contributed by atoms with Crippen LogP contribution in [-0.4, -0.2) is 27.6 Å². The summed E-state index contributed by atoms with van der Waals surface area (Å²) in [5, 5.41) is 11.9. The van der Waals surface area contributed by atoms with Crippen LogP contribution in [0.3, 0.4) is 0 Å². The average Bonchev–Trinajstić information content (AvgIpc) is 2.75. The van der Waals surface area contributed by atoms with Crippen molar-refractivity contribution in [1.29, 1.82) is 0 Å². The van der Waals surface area contributed by atoms with E-state index in [0.29, 0.717) is 18.2 Å². The van der Waals surface area contributed by atoms with Gasteiger partial charge in [-0.1, -0.05) is 11.6 Å². The summed E-state index contributed by atoms with van der Waals surface area (Å²) >= 11 is 7.38. The van der Waals surface area contributed by atoms with Crippen molar-refractivity contribution in [1.82, 2.24) is 9.97 Å². The second kappa shape index (κ2) is 5.99. The van der Waals surface area contributed by atoms with Crippen molar-refractivity contribution in [2.24, 2.45) is 0 Å². The van der Waals surface area contributed by atoms with Gasteiger partial charge in [0.1, 0.15) is 0 Å². The lowest BCUT2D eigenvalue weighted by Gasteiger charge is -2.05. The van der Waals surface area contributed by atoms with Crippen molar-refractivity contribution < 1.29 is 9.90 Å². The summed E-state index contributed by atoms with van der Waals surface area (Å²) in [6.45, 7) is 2.32. The Bertz CT molecular complexity index is 600. The van der Waals surface area contributed by atoms with Crippen LogP contribution in [0, 0.1) is 6.92 Å². The predicted octanol–water partition coefficient (Wildman–Crippen LogP) is 2.85. The van der Waals surface area contributed by atoms with Gasteiger partial charge >= 0.3 is 5.97 Å². The second-order valence-corrected chi connectivity index (χ2v) is 5.68. The van der Waals surface area contributed by atoms with Crippen molar-refractivity contribution in [3.05, 3.63) is 38.8 Å². The minimum Gasteiger partial charge on any atom is -0.478 e. The number of anilines is 1. The maximum absolute atomic E-state index is 10.8. The van der Waals surface area contributed by atoms with Gasteiger partial charge in [0.25, 0.3) is 0 Å². The Morgan fingerprint density at radius 3 is 2.89 bits per heavy atom. The molecule has 0 radical (unpaired) electrons. The van der Waals surface area contributed by atoms with E-state index in [4.69, 9.17) is 16.7 Å². The van der Waals surface area contributed by atoms with Gasteiger partial charge in [-0.15, -0.1) is 11.3 Å². The molecule has 2 rings (SSSR count). The number of carboxylic acid groups (broad SMARTS) is 1. The molecule has 0 saturated heterocycles. The summed E-state index contributed by atoms with van der Waals surface area (Å²) in [5.74, 6) is -0.581. The number of nitrogens with zero attached hydrogens (tertiary/aromatic N) is 2. The molecule has 0 atom stereocenters. The first-order valence-corrected chi connectivity index (χ1v) is 6.80. The first-order valence-electron chi connectivity index (χ1n) is 5.61. The van der Waals surface area contributed by atoms with E-state index in [-0.39, 0.29) is 5.56 Å². The van der Waals surface area contributed by atoms with Gasteiger partial charge in [-0.05, 0) is 25.5 Å². The van der Waals surface area contributed by atoms with Crippen molar-refractivity contribution in [3.63, 3.8) is 0 Å². The molecule has 0 aromatic carbocycles. The van der Waals surface area contributed by atoms with E-state index in [0.717, 1.165) is 10.8 Å². The lowest BCUT2D eigenvalue weighted by Crippen LogP contribution is -2.10. The van der Waals surface area contributed by atoms with Crippen LogP contribution in [-0.2, 0) is 6.42 Å². The van der Waals surface area contributed by atoms with E-state index < -0.39 is 5.97 Å². The summed E-state index contributed by atoms with van der Waals surface area (Å²) in [6.07, 6.45) is 2.13. The Hall–Kier alpha value is -1.66. The Morgan fingerprint density at radius 1 is 1.53 bits per heavy atom. The number of halogens is 1. The molecule has 7 heteroatoms. The molecule has 0 aliphatic heterocycles. The molecule has 5 nitrogen and oxygen atoms in total. The van der Waals surface area contributed by atoms with Crippen LogP contribution >= 0.6 is 22.9 Å². The highest BCUT2D eigenvalue weighted by molar-refractivity contribution is 7.16. The fourth-order valence-electron chi connectivity index (χ4n) is 1.55. The molecule has 0 spiro atoms. The molecule has 0 amide bonds. The van der Waals surface area contributed by atoms with E-state index in [2.05, 4.69) is 15.3 Å². The molecule has 2 heterocycles. The highest BCUT2D eigenvalue weighted by Crippen LogP contribution is 2.21. The number of carbonyl (C=O) groups is 1. The van der Waals surface area contributed by atoms with Crippen LogP contribution in [0.1, 0.15) is 20.9 Å². The molecule has 0 aliphatic carbocycles. The largest absolute Gasteiger partial charge is 0.478 e. The first-order chi connectivity index (χ1) is 9.06. The Morgan fingerprint density at radius 2 is 2.32 bits per heavy atom. The van der Waals surface area contributed by atoms with E-state index >= 15 is 0 Å². The predicted molar refractivity (Wildman–Crippen MR) is 75.3 cm³/mol. The molecule has 100 valence electrons. The lowest BCUT2D eigenvalue weighted by atomic mass is 10.2. The van der Waals surface area contributed by atoms with Crippen LogP contribution in [0.25, 0.3) is 0 Å². The van der Waals surface area contributed by atoms with Crippen LogP contribution in [0.4, 0.5) is 5.95 Å². The zero-order valence-corrected chi connectivity index (χ0v) is 11.8. The zero-order valence-electron chi connectivity index (χ0n) is 10.2. The number of hydrogen-bond donors (Lipinski definition) is 2. The molecular formula is C12H12ClN3O2S. The van der Waals surface area contributed by atoms with Crippen LogP contribution in [0.15, 0.2) is 18.3 Å². The van der Waals surface area contributed by atoms with Gasteiger partial charge in [-0.25, -0.2) is 14.8 Å². The number of aromatic nitrogens is 2. The minimum atomic E-state index is -1.02. The third-order valence-corrected chi connectivity index (χ3v) is 3.78. The maximum Gasteiger partial charge on any atom is 0.339 e. The minimum absolute atomic E-state index is 0.121. The van der Waals surface area contributed by atoms with E-state index in [9.17, 15) is 4.79 Å². The summed E-state index contributed by atoms with van der Waals surface area (Å²) in [6, 6.07) is 3.85. The maximum atomic E-state index is 10.8. The smallest absolute Gasteiger partial charge is 0.339 e. The summed E-state index contributed by atoms with van der Waals surface area (Å²) in [7, 11) is 0. The molecule has 0 fully saturated rings. The van der Waals surface area contributed by atoms with Crippen molar-refractivity contribution in [3.8, 4) is 0 Å².